The molecule has 1 unspecified atom stereocenters. The molecule has 0 amide bonds. The highest BCUT2D eigenvalue weighted by molar-refractivity contribution is 6.30. The largest absolute Gasteiger partial charge is 0.419 e. The minimum atomic E-state index is -0.509. The third-order valence-corrected chi connectivity index (χ3v) is 2.36. The summed E-state index contributed by atoms with van der Waals surface area (Å²) in [5, 5.41) is 7.33. The summed E-state index contributed by atoms with van der Waals surface area (Å²) in [4.78, 5) is 0. The zero-order chi connectivity index (χ0) is 11.7. The van der Waals surface area contributed by atoms with Gasteiger partial charge in [0.05, 0.1) is 5.56 Å². The molecule has 3 nitrogen and oxygen atoms in total. The average molecular weight is 261 g/mol. The highest BCUT2D eigenvalue weighted by Gasteiger charge is 2.15. The molecule has 6 heteroatoms. The molecule has 0 fully saturated rings. The molecule has 1 atom stereocenters. The van der Waals surface area contributed by atoms with E-state index in [4.69, 9.17) is 27.6 Å². The van der Waals surface area contributed by atoms with Crippen molar-refractivity contribution in [1.82, 2.24) is 10.2 Å². The van der Waals surface area contributed by atoms with Crippen LogP contribution in [0.15, 0.2) is 22.6 Å². The van der Waals surface area contributed by atoms with Gasteiger partial charge in [-0.1, -0.05) is 11.6 Å². The molecule has 2 rings (SSSR count). The van der Waals surface area contributed by atoms with Crippen LogP contribution in [0, 0.1) is 5.82 Å². The van der Waals surface area contributed by atoms with Crippen LogP contribution in [-0.2, 0) is 0 Å². The van der Waals surface area contributed by atoms with Crippen LogP contribution in [0.5, 0.6) is 0 Å². The van der Waals surface area contributed by atoms with E-state index in [1.54, 1.807) is 13.0 Å². The molecule has 0 aliphatic heterocycles. The summed E-state index contributed by atoms with van der Waals surface area (Å²) < 4.78 is 18.7. The van der Waals surface area contributed by atoms with Gasteiger partial charge in [-0.15, -0.1) is 21.8 Å². The Morgan fingerprint density at radius 3 is 2.69 bits per heavy atom. The van der Waals surface area contributed by atoms with Gasteiger partial charge in [0.1, 0.15) is 11.2 Å². The van der Waals surface area contributed by atoms with Crippen LogP contribution in [0.2, 0.25) is 5.02 Å². The minimum Gasteiger partial charge on any atom is -0.419 e. The smallest absolute Gasteiger partial charge is 0.250 e. The molecule has 16 heavy (non-hydrogen) atoms. The van der Waals surface area contributed by atoms with Gasteiger partial charge in [0, 0.05) is 5.02 Å². The molecule has 0 spiro atoms. The van der Waals surface area contributed by atoms with E-state index >= 15 is 0 Å². The first-order chi connectivity index (χ1) is 7.58. The first-order valence-electron chi connectivity index (χ1n) is 4.51. The molecule has 0 saturated carbocycles. The van der Waals surface area contributed by atoms with Crippen molar-refractivity contribution in [3.8, 4) is 11.5 Å². The first-order valence-corrected chi connectivity index (χ1v) is 5.32. The first kappa shape index (κ1) is 11.4. The molecule has 0 saturated heterocycles. The quantitative estimate of drug-likeness (QED) is 0.771. The van der Waals surface area contributed by atoms with E-state index in [2.05, 4.69) is 10.2 Å². The Kier molecular flexibility index (Phi) is 3.12. The Hall–Kier alpha value is -1.13. The maximum Gasteiger partial charge on any atom is 0.250 e. The van der Waals surface area contributed by atoms with Crippen molar-refractivity contribution in [2.75, 3.05) is 0 Å². The number of hydrogen-bond donors (Lipinski definition) is 0. The van der Waals surface area contributed by atoms with Crippen molar-refractivity contribution >= 4 is 23.2 Å². The zero-order valence-electron chi connectivity index (χ0n) is 8.25. The molecular weight excluding hydrogens is 254 g/mol. The lowest BCUT2D eigenvalue weighted by molar-refractivity contribution is 0.503. The summed E-state index contributed by atoms with van der Waals surface area (Å²) in [7, 11) is 0. The van der Waals surface area contributed by atoms with Gasteiger partial charge in [-0.05, 0) is 25.1 Å². The molecule has 0 bridgehead atoms. The van der Waals surface area contributed by atoms with Gasteiger partial charge < -0.3 is 4.42 Å². The third kappa shape index (κ3) is 2.18. The van der Waals surface area contributed by atoms with E-state index in [9.17, 15) is 4.39 Å². The highest BCUT2D eigenvalue weighted by atomic mass is 35.5. The molecule has 0 aliphatic carbocycles. The molecule has 0 N–H and O–H groups in total. The second-order valence-electron chi connectivity index (χ2n) is 3.19. The van der Waals surface area contributed by atoms with Crippen molar-refractivity contribution in [2.45, 2.75) is 12.3 Å². The van der Waals surface area contributed by atoms with E-state index in [1.165, 1.54) is 12.1 Å². The van der Waals surface area contributed by atoms with Crippen LogP contribution in [0.1, 0.15) is 18.2 Å². The SMILES string of the molecule is CC(Cl)c1nnc(-c2ccc(Cl)cc2F)o1. The Morgan fingerprint density at radius 2 is 2.12 bits per heavy atom. The van der Waals surface area contributed by atoms with Crippen molar-refractivity contribution in [3.05, 3.63) is 34.9 Å². The van der Waals surface area contributed by atoms with Gasteiger partial charge in [-0.3, -0.25) is 0 Å². The second kappa shape index (κ2) is 4.39. The van der Waals surface area contributed by atoms with Gasteiger partial charge in [0.2, 0.25) is 5.89 Å². The number of alkyl halides is 1. The van der Waals surface area contributed by atoms with Crippen LogP contribution >= 0.6 is 23.2 Å². The fourth-order valence-electron chi connectivity index (χ4n) is 1.17. The number of aromatic nitrogens is 2. The lowest BCUT2D eigenvalue weighted by Gasteiger charge is -1.98. The number of rotatable bonds is 2. The monoisotopic (exact) mass is 260 g/mol. The van der Waals surface area contributed by atoms with Gasteiger partial charge in [0.15, 0.2) is 0 Å². The standard InChI is InChI=1S/C10H7Cl2FN2O/c1-5(11)9-14-15-10(16-9)7-3-2-6(12)4-8(7)13/h2-5H,1H3. The summed E-state index contributed by atoms with van der Waals surface area (Å²) in [6, 6.07) is 4.21. The molecule has 2 aromatic rings. The predicted molar refractivity (Wildman–Crippen MR) is 59.0 cm³/mol. The maximum atomic E-state index is 13.5. The van der Waals surface area contributed by atoms with E-state index in [0.29, 0.717) is 5.02 Å². The lowest BCUT2D eigenvalue weighted by atomic mass is 10.2. The summed E-state index contributed by atoms with van der Waals surface area (Å²) in [5.41, 5.74) is 0.209. The van der Waals surface area contributed by atoms with Gasteiger partial charge in [-0.25, -0.2) is 4.39 Å². The number of halogens is 3. The zero-order valence-corrected chi connectivity index (χ0v) is 9.76. The van der Waals surface area contributed by atoms with Crippen molar-refractivity contribution in [3.63, 3.8) is 0 Å². The summed E-state index contributed by atoms with van der Waals surface area (Å²) >= 11 is 11.4. The van der Waals surface area contributed by atoms with Crippen LogP contribution in [0.3, 0.4) is 0 Å². The molecular formula is C10H7Cl2FN2O. The number of benzene rings is 1. The molecule has 1 aromatic heterocycles. The second-order valence-corrected chi connectivity index (χ2v) is 4.28. The molecule has 1 aromatic carbocycles. The average Bonchev–Trinajstić information content (AvgIpc) is 2.66. The third-order valence-electron chi connectivity index (χ3n) is 1.94. The summed E-state index contributed by atoms with van der Waals surface area (Å²) in [6.45, 7) is 1.69. The number of hydrogen-bond acceptors (Lipinski definition) is 3. The fourth-order valence-corrected chi connectivity index (χ4v) is 1.41. The van der Waals surface area contributed by atoms with E-state index in [1.807, 2.05) is 0 Å². The van der Waals surface area contributed by atoms with E-state index in [0.717, 1.165) is 0 Å². The minimum absolute atomic E-state index is 0.0941. The maximum absolute atomic E-state index is 13.5. The van der Waals surface area contributed by atoms with Crippen LogP contribution in [0.25, 0.3) is 11.5 Å². The molecule has 1 heterocycles. The Labute approximate surface area is 101 Å². The topological polar surface area (TPSA) is 38.9 Å². The Balaban J connectivity index is 2.42. The van der Waals surface area contributed by atoms with Crippen molar-refractivity contribution < 1.29 is 8.81 Å². The predicted octanol–water partition coefficient (Wildman–Crippen LogP) is 3.83. The summed E-state index contributed by atoms with van der Waals surface area (Å²) in [5.74, 6) is -0.160. The Bertz CT molecular complexity index is 513. The van der Waals surface area contributed by atoms with E-state index in [-0.39, 0.29) is 17.3 Å². The van der Waals surface area contributed by atoms with Crippen LogP contribution in [-0.4, -0.2) is 10.2 Å². The Morgan fingerprint density at radius 1 is 1.38 bits per heavy atom. The lowest BCUT2D eigenvalue weighted by Crippen LogP contribution is -1.84. The molecule has 84 valence electrons. The van der Waals surface area contributed by atoms with Crippen LogP contribution < -0.4 is 0 Å². The fraction of sp³-hybridized carbons (Fsp3) is 0.200. The summed E-state index contributed by atoms with van der Waals surface area (Å²) in [6.07, 6.45) is 0. The van der Waals surface area contributed by atoms with E-state index < -0.39 is 11.2 Å². The van der Waals surface area contributed by atoms with Crippen molar-refractivity contribution in [2.24, 2.45) is 0 Å². The van der Waals surface area contributed by atoms with Crippen molar-refractivity contribution in [1.29, 1.82) is 0 Å². The normalized spacial score (nSPS) is 12.8. The highest BCUT2D eigenvalue weighted by Crippen LogP contribution is 2.26. The molecule has 0 aliphatic rings. The van der Waals surface area contributed by atoms with Gasteiger partial charge >= 0.3 is 0 Å². The molecule has 0 radical (unpaired) electrons. The number of nitrogens with zero attached hydrogens (tertiary/aromatic N) is 2. The van der Waals surface area contributed by atoms with Gasteiger partial charge in [0.25, 0.3) is 5.89 Å². The van der Waals surface area contributed by atoms with Gasteiger partial charge in [-0.2, -0.15) is 0 Å². The van der Waals surface area contributed by atoms with Crippen LogP contribution in [0.4, 0.5) is 4.39 Å².